The first-order valence-corrected chi connectivity index (χ1v) is 8.51. The first-order chi connectivity index (χ1) is 11.7. The summed E-state index contributed by atoms with van der Waals surface area (Å²) in [6.07, 6.45) is 0. The summed E-state index contributed by atoms with van der Waals surface area (Å²) in [5.74, 6) is 0.510. The van der Waals surface area contributed by atoms with Gasteiger partial charge in [-0.25, -0.2) is 4.99 Å². The van der Waals surface area contributed by atoms with E-state index in [0.29, 0.717) is 0 Å². The Bertz CT molecular complexity index is 902. The SMILES string of the molecule is Oc1ccc(C2=Nc3ccccc3C(c3ccc(O)cc3)S2)cc1. The maximum atomic E-state index is 9.55. The maximum Gasteiger partial charge on any atom is 0.115 e. The molecular weight excluding hydrogens is 318 g/mol. The van der Waals surface area contributed by atoms with Gasteiger partial charge >= 0.3 is 0 Å². The van der Waals surface area contributed by atoms with E-state index in [1.165, 1.54) is 0 Å². The Balaban J connectivity index is 1.80. The minimum absolute atomic E-state index is 0.114. The lowest BCUT2D eigenvalue weighted by molar-refractivity contribution is 0.474. The summed E-state index contributed by atoms with van der Waals surface area (Å²) in [6, 6.07) is 22.5. The van der Waals surface area contributed by atoms with Crippen LogP contribution in [0.25, 0.3) is 0 Å². The third kappa shape index (κ3) is 2.76. The van der Waals surface area contributed by atoms with Gasteiger partial charge in [-0.3, -0.25) is 0 Å². The molecule has 3 nitrogen and oxygen atoms in total. The number of aromatic hydroxyl groups is 2. The van der Waals surface area contributed by atoms with Crippen molar-refractivity contribution < 1.29 is 10.2 Å². The molecule has 1 unspecified atom stereocenters. The monoisotopic (exact) mass is 333 g/mol. The van der Waals surface area contributed by atoms with Crippen LogP contribution >= 0.6 is 11.8 Å². The molecule has 0 fully saturated rings. The summed E-state index contributed by atoms with van der Waals surface area (Å²) in [5, 5.41) is 20.1. The van der Waals surface area contributed by atoms with Crippen LogP contribution in [0.4, 0.5) is 5.69 Å². The van der Waals surface area contributed by atoms with Crippen LogP contribution in [0.15, 0.2) is 77.8 Å². The fraction of sp³-hybridized carbons (Fsp3) is 0.0500. The standard InChI is InChI=1S/C20H15NO2S/c22-15-9-5-13(6-10-15)19-17-3-1-2-4-18(17)21-20(24-19)14-7-11-16(23)12-8-14/h1-12,19,22-23H. The second-order valence-electron chi connectivity index (χ2n) is 5.61. The third-order valence-corrected chi connectivity index (χ3v) is 5.29. The Morgan fingerprint density at radius 1 is 0.750 bits per heavy atom. The normalized spacial score (nSPS) is 16.3. The number of thioether (sulfide) groups is 1. The summed E-state index contributed by atoms with van der Waals surface area (Å²) >= 11 is 1.68. The Morgan fingerprint density at radius 3 is 2.08 bits per heavy atom. The van der Waals surface area contributed by atoms with Crippen LogP contribution in [-0.2, 0) is 0 Å². The van der Waals surface area contributed by atoms with Crippen LogP contribution in [0.3, 0.4) is 0 Å². The third-order valence-electron chi connectivity index (χ3n) is 3.98. The Hall–Kier alpha value is -2.72. The average molecular weight is 333 g/mol. The fourth-order valence-corrected chi connectivity index (χ4v) is 4.02. The van der Waals surface area contributed by atoms with E-state index in [-0.39, 0.29) is 16.7 Å². The van der Waals surface area contributed by atoms with Crippen molar-refractivity contribution in [1.82, 2.24) is 0 Å². The molecule has 118 valence electrons. The molecule has 0 radical (unpaired) electrons. The molecular formula is C20H15NO2S. The van der Waals surface area contributed by atoms with Gasteiger partial charge in [-0.05, 0) is 53.6 Å². The number of hydrogen-bond donors (Lipinski definition) is 2. The van der Waals surface area contributed by atoms with Crippen LogP contribution in [0.1, 0.15) is 21.9 Å². The molecule has 0 bridgehead atoms. The second kappa shape index (κ2) is 6.06. The molecule has 0 aliphatic carbocycles. The first-order valence-electron chi connectivity index (χ1n) is 7.63. The van der Waals surface area contributed by atoms with Crippen LogP contribution in [-0.4, -0.2) is 15.3 Å². The lowest BCUT2D eigenvalue weighted by atomic mass is 10.0. The van der Waals surface area contributed by atoms with Crippen molar-refractivity contribution in [3.63, 3.8) is 0 Å². The molecule has 0 spiro atoms. The topological polar surface area (TPSA) is 52.8 Å². The van der Waals surface area contributed by atoms with Crippen molar-refractivity contribution in [1.29, 1.82) is 0 Å². The summed E-state index contributed by atoms with van der Waals surface area (Å²) < 4.78 is 0. The highest BCUT2D eigenvalue weighted by Gasteiger charge is 2.25. The fourth-order valence-electron chi connectivity index (χ4n) is 2.76. The minimum atomic E-state index is 0.114. The van der Waals surface area contributed by atoms with Crippen LogP contribution in [0.2, 0.25) is 0 Å². The zero-order valence-electron chi connectivity index (χ0n) is 12.8. The molecule has 2 N–H and O–H groups in total. The average Bonchev–Trinajstić information content (AvgIpc) is 2.62. The summed E-state index contributed by atoms with van der Waals surface area (Å²) in [5.41, 5.74) is 4.22. The molecule has 0 saturated heterocycles. The van der Waals surface area contributed by atoms with Gasteiger partial charge in [-0.2, -0.15) is 0 Å². The predicted octanol–water partition coefficient (Wildman–Crippen LogP) is 5.01. The number of aliphatic imine (C=N–C) groups is 1. The van der Waals surface area contributed by atoms with E-state index < -0.39 is 0 Å². The lowest BCUT2D eigenvalue weighted by Gasteiger charge is -2.25. The number of phenols is 2. The van der Waals surface area contributed by atoms with Crippen molar-refractivity contribution in [3.8, 4) is 11.5 Å². The molecule has 0 aromatic heterocycles. The van der Waals surface area contributed by atoms with Gasteiger partial charge in [-0.1, -0.05) is 42.1 Å². The molecule has 3 aromatic carbocycles. The summed E-state index contributed by atoms with van der Waals surface area (Å²) in [6.45, 7) is 0. The summed E-state index contributed by atoms with van der Waals surface area (Å²) in [7, 11) is 0. The molecule has 0 amide bonds. The predicted molar refractivity (Wildman–Crippen MR) is 98.3 cm³/mol. The minimum Gasteiger partial charge on any atom is -0.508 e. The number of phenolic OH excluding ortho intramolecular Hbond substituents is 2. The molecule has 24 heavy (non-hydrogen) atoms. The van der Waals surface area contributed by atoms with E-state index in [1.54, 1.807) is 36.0 Å². The van der Waals surface area contributed by atoms with Gasteiger partial charge < -0.3 is 10.2 Å². The van der Waals surface area contributed by atoms with Crippen molar-refractivity contribution in [2.24, 2.45) is 4.99 Å². The van der Waals surface area contributed by atoms with E-state index in [2.05, 4.69) is 6.07 Å². The van der Waals surface area contributed by atoms with Crippen LogP contribution in [0.5, 0.6) is 11.5 Å². The molecule has 1 aliphatic rings. The molecule has 0 saturated carbocycles. The second-order valence-corrected chi connectivity index (χ2v) is 6.71. The Labute approximate surface area is 144 Å². The highest BCUT2D eigenvalue weighted by atomic mass is 32.2. The zero-order chi connectivity index (χ0) is 16.5. The van der Waals surface area contributed by atoms with E-state index in [9.17, 15) is 10.2 Å². The van der Waals surface area contributed by atoms with Crippen molar-refractivity contribution in [2.75, 3.05) is 0 Å². The maximum absolute atomic E-state index is 9.55. The molecule has 4 heteroatoms. The summed E-state index contributed by atoms with van der Waals surface area (Å²) in [4.78, 5) is 4.79. The van der Waals surface area contributed by atoms with E-state index >= 15 is 0 Å². The number of para-hydroxylation sites is 1. The van der Waals surface area contributed by atoms with E-state index in [1.807, 2.05) is 42.5 Å². The highest BCUT2D eigenvalue weighted by Crippen LogP contribution is 2.46. The van der Waals surface area contributed by atoms with Gasteiger partial charge in [0, 0.05) is 5.56 Å². The first kappa shape index (κ1) is 14.8. The highest BCUT2D eigenvalue weighted by molar-refractivity contribution is 8.14. The molecule has 3 aromatic rings. The van der Waals surface area contributed by atoms with Gasteiger partial charge in [0.05, 0.1) is 10.9 Å². The van der Waals surface area contributed by atoms with Gasteiger partial charge in [0.2, 0.25) is 0 Å². The number of hydrogen-bond acceptors (Lipinski definition) is 4. The number of rotatable bonds is 2. The zero-order valence-corrected chi connectivity index (χ0v) is 13.6. The quantitative estimate of drug-likeness (QED) is 0.693. The number of nitrogens with zero attached hydrogens (tertiary/aromatic N) is 1. The molecule has 4 rings (SSSR count). The van der Waals surface area contributed by atoms with Gasteiger partial charge in [-0.15, -0.1) is 0 Å². The van der Waals surface area contributed by atoms with Gasteiger partial charge in [0.25, 0.3) is 0 Å². The van der Waals surface area contributed by atoms with E-state index in [4.69, 9.17) is 4.99 Å². The molecule has 1 atom stereocenters. The van der Waals surface area contributed by atoms with Crippen molar-refractivity contribution >= 4 is 22.5 Å². The molecule has 1 heterocycles. The Kier molecular flexibility index (Phi) is 3.75. The lowest BCUT2D eigenvalue weighted by Crippen LogP contribution is -2.08. The van der Waals surface area contributed by atoms with E-state index in [0.717, 1.165) is 27.4 Å². The van der Waals surface area contributed by atoms with Gasteiger partial charge in [0.15, 0.2) is 0 Å². The van der Waals surface area contributed by atoms with Crippen LogP contribution in [0, 0.1) is 0 Å². The molecule has 1 aliphatic heterocycles. The Morgan fingerprint density at radius 2 is 1.38 bits per heavy atom. The number of benzene rings is 3. The largest absolute Gasteiger partial charge is 0.508 e. The number of fused-ring (bicyclic) bond motifs is 1. The smallest absolute Gasteiger partial charge is 0.115 e. The van der Waals surface area contributed by atoms with Gasteiger partial charge in [0.1, 0.15) is 16.5 Å². The van der Waals surface area contributed by atoms with Crippen molar-refractivity contribution in [2.45, 2.75) is 5.25 Å². The van der Waals surface area contributed by atoms with Crippen LogP contribution < -0.4 is 0 Å². The van der Waals surface area contributed by atoms with Crippen molar-refractivity contribution in [3.05, 3.63) is 89.5 Å².